The van der Waals surface area contributed by atoms with Crippen molar-refractivity contribution in [1.29, 1.82) is 0 Å². The van der Waals surface area contributed by atoms with E-state index in [4.69, 9.17) is 9.72 Å². The molecule has 0 unspecified atom stereocenters. The van der Waals surface area contributed by atoms with Crippen LogP contribution in [0.2, 0.25) is 0 Å². The molecule has 0 atom stereocenters. The molecule has 1 aliphatic carbocycles. The first-order valence-corrected chi connectivity index (χ1v) is 7.66. The standard InChI is InChI=1S/C15H27N3O/c1-3-19-12-6-9-16-10-11-18-13(2)17-14-7-4-5-8-15(14)18/h16H,3-12H2,1-2H3. The molecule has 1 N–H and O–H groups in total. The van der Waals surface area contributed by atoms with Crippen LogP contribution in [0, 0.1) is 6.92 Å². The first-order chi connectivity index (χ1) is 9.33. The Kier molecular flexibility index (Phi) is 5.86. The van der Waals surface area contributed by atoms with Crippen molar-refractivity contribution in [3.05, 3.63) is 17.2 Å². The van der Waals surface area contributed by atoms with Crippen LogP contribution in [0.4, 0.5) is 0 Å². The Morgan fingerprint density at radius 2 is 2.11 bits per heavy atom. The largest absolute Gasteiger partial charge is 0.382 e. The fourth-order valence-electron chi connectivity index (χ4n) is 2.79. The highest BCUT2D eigenvalue weighted by Gasteiger charge is 2.17. The minimum atomic E-state index is 0.820. The Morgan fingerprint density at radius 1 is 1.26 bits per heavy atom. The summed E-state index contributed by atoms with van der Waals surface area (Å²) >= 11 is 0. The zero-order chi connectivity index (χ0) is 13.5. The second kappa shape index (κ2) is 7.65. The lowest BCUT2D eigenvalue weighted by Crippen LogP contribution is -2.23. The molecule has 0 saturated carbocycles. The van der Waals surface area contributed by atoms with Gasteiger partial charge in [0.25, 0.3) is 0 Å². The second-order valence-electron chi connectivity index (χ2n) is 5.21. The van der Waals surface area contributed by atoms with Gasteiger partial charge in [0.15, 0.2) is 0 Å². The number of fused-ring (bicyclic) bond motifs is 1. The molecule has 4 heteroatoms. The van der Waals surface area contributed by atoms with Gasteiger partial charge in [-0.2, -0.15) is 0 Å². The quantitative estimate of drug-likeness (QED) is 0.732. The van der Waals surface area contributed by atoms with Crippen LogP contribution in [0.15, 0.2) is 0 Å². The number of imidazole rings is 1. The molecule has 0 fully saturated rings. The Morgan fingerprint density at radius 3 is 2.95 bits per heavy atom. The highest BCUT2D eigenvalue weighted by atomic mass is 16.5. The summed E-state index contributed by atoms with van der Waals surface area (Å²) in [6.45, 7) is 8.96. The van der Waals surface area contributed by atoms with Crippen LogP contribution in [-0.2, 0) is 24.1 Å². The van der Waals surface area contributed by atoms with E-state index >= 15 is 0 Å². The van der Waals surface area contributed by atoms with Gasteiger partial charge in [-0.05, 0) is 52.5 Å². The number of ether oxygens (including phenoxy) is 1. The molecular weight excluding hydrogens is 238 g/mol. The van der Waals surface area contributed by atoms with Crippen molar-refractivity contribution in [2.24, 2.45) is 0 Å². The Balaban J connectivity index is 1.72. The lowest BCUT2D eigenvalue weighted by molar-refractivity contribution is 0.145. The van der Waals surface area contributed by atoms with E-state index in [2.05, 4.69) is 16.8 Å². The summed E-state index contributed by atoms with van der Waals surface area (Å²) in [5.74, 6) is 1.18. The van der Waals surface area contributed by atoms with Gasteiger partial charge >= 0.3 is 0 Å². The van der Waals surface area contributed by atoms with Crippen molar-refractivity contribution >= 4 is 0 Å². The Labute approximate surface area is 116 Å². The maximum atomic E-state index is 5.32. The van der Waals surface area contributed by atoms with Crippen LogP contribution >= 0.6 is 0 Å². The summed E-state index contributed by atoms with van der Waals surface area (Å²) in [6.07, 6.45) is 6.10. The third-order valence-electron chi connectivity index (χ3n) is 3.78. The summed E-state index contributed by atoms with van der Waals surface area (Å²) in [5, 5.41) is 3.49. The number of hydrogen-bond donors (Lipinski definition) is 1. The molecule has 108 valence electrons. The molecule has 1 heterocycles. The summed E-state index contributed by atoms with van der Waals surface area (Å²) < 4.78 is 7.73. The normalized spacial score (nSPS) is 14.6. The lowest BCUT2D eigenvalue weighted by Gasteiger charge is -2.15. The van der Waals surface area contributed by atoms with Crippen molar-refractivity contribution in [2.75, 3.05) is 26.3 Å². The minimum Gasteiger partial charge on any atom is -0.382 e. The van der Waals surface area contributed by atoms with E-state index in [-0.39, 0.29) is 0 Å². The minimum absolute atomic E-state index is 0.820. The molecule has 0 bridgehead atoms. The van der Waals surface area contributed by atoms with E-state index in [0.717, 1.165) is 39.3 Å². The number of nitrogens with zero attached hydrogens (tertiary/aromatic N) is 2. The number of aromatic nitrogens is 2. The maximum absolute atomic E-state index is 5.32. The molecule has 0 spiro atoms. The molecule has 0 amide bonds. The van der Waals surface area contributed by atoms with Gasteiger partial charge in [0, 0.05) is 32.0 Å². The van der Waals surface area contributed by atoms with Gasteiger partial charge < -0.3 is 14.6 Å². The smallest absolute Gasteiger partial charge is 0.106 e. The van der Waals surface area contributed by atoms with Gasteiger partial charge in [0.05, 0.1) is 5.69 Å². The number of rotatable bonds is 8. The highest BCUT2D eigenvalue weighted by molar-refractivity contribution is 5.19. The third-order valence-corrected chi connectivity index (χ3v) is 3.78. The molecule has 0 aliphatic heterocycles. The average molecular weight is 265 g/mol. The highest BCUT2D eigenvalue weighted by Crippen LogP contribution is 2.21. The van der Waals surface area contributed by atoms with E-state index in [0.29, 0.717) is 0 Å². The van der Waals surface area contributed by atoms with Crippen LogP contribution in [0.5, 0.6) is 0 Å². The van der Waals surface area contributed by atoms with Gasteiger partial charge in [0.1, 0.15) is 5.82 Å². The van der Waals surface area contributed by atoms with Crippen LogP contribution in [0.3, 0.4) is 0 Å². The van der Waals surface area contributed by atoms with Gasteiger partial charge in [0.2, 0.25) is 0 Å². The average Bonchev–Trinajstić information content (AvgIpc) is 2.74. The van der Waals surface area contributed by atoms with Crippen LogP contribution in [0.1, 0.15) is 43.4 Å². The Hall–Kier alpha value is -0.870. The summed E-state index contributed by atoms with van der Waals surface area (Å²) in [4.78, 5) is 4.71. The zero-order valence-corrected chi connectivity index (χ0v) is 12.4. The predicted octanol–water partition coefficient (Wildman–Crippen LogP) is 2.09. The van der Waals surface area contributed by atoms with Gasteiger partial charge in [-0.3, -0.25) is 0 Å². The number of hydrogen-bond acceptors (Lipinski definition) is 3. The van der Waals surface area contributed by atoms with E-state index in [1.165, 1.54) is 42.9 Å². The number of aryl methyl sites for hydroxylation is 2. The van der Waals surface area contributed by atoms with Gasteiger partial charge in [-0.1, -0.05) is 0 Å². The van der Waals surface area contributed by atoms with Crippen LogP contribution in [-0.4, -0.2) is 35.9 Å². The second-order valence-corrected chi connectivity index (χ2v) is 5.21. The molecule has 0 saturated heterocycles. The summed E-state index contributed by atoms with van der Waals surface area (Å²) in [6, 6.07) is 0. The molecule has 19 heavy (non-hydrogen) atoms. The van der Waals surface area contributed by atoms with Crippen LogP contribution < -0.4 is 5.32 Å². The molecule has 1 aromatic rings. The van der Waals surface area contributed by atoms with Crippen LogP contribution in [0.25, 0.3) is 0 Å². The first kappa shape index (κ1) is 14.5. The summed E-state index contributed by atoms with van der Waals surface area (Å²) in [7, 11) is 0. The summed E-state index contributed by atoms with van der Waals surface area (Å²) in [5.41, 5.74) is 2.83. The fraction of sp³-hybridized carbons (Fsp3) is 0.800. The fourth-order valence-corrected chi connectivity index (χ4v) is 2.79. The van der Waals surface area contributed by atoms with Crippen molar-refractivity contribution in [1.82, 2.24) is 14.9 Å². The topological polar surface area (TPSA) is 39.1 Å². The SMILES string of the molecule is CCOCCCNCCn1c(C)nc2c1CCCC2. The lowest BCUT2D eigenvalue weighted by atomic mass is 10.0. The molecule has 4 nitrogen and oxygen atoms in total. The van der Waals surface area contributed by atoms with E-state index in [1.807, 2.05) is 6.92 Å². The molecular formula is C15H27N3O. The first-order valence-electron chi connectivity index (χ1n) is 7.66. The predicted molar refractivity (Wildman–Crippen MR) is 77.6 cm³/mol. The molecule has 1 aliphatic rings. The Bertz CT molecular complexity index is 387. The van der Waals surface area contributed by atoms with Crippen molar-refractivity contribution < 1.29 is 4.74 Å². The maximum Gasteiger partial charge on any atom is 0.106 e. The molecule has 0 aromatic carbocycles. The molecule has 0 radical (unpaired) electrons. The van der Waals surface area contributed by atoms with E-state index in [1.54, 1.807) is 0 Å². The van der Waals surface area contributed by atoms with Crippen molar-refractivity contribution in [3.8, 4) is 0 Å². The molecule has 1 aromatic heterocycles. The van der Waals surface area contributed by atoms with E-state index in [9.17, 15) is 0 Å². The van der Waals surface area contributed by atoms with Crippen molar-refractivity contribution in [2.45, 2.75) is 52.5 Å². The molecule has 2 rings (SSSR count). The zero-order valence-electron chi connectivity index (χ0n) is 12.4. The van der Waals surface area contributed by atoms with Gasteiger partial charge in [-0.25, -0.2) is 4.98 Å². The number of nitrogens with one attached hydrogen (secondary N) is 1. The monoisotopic (exact) mass is 265 g/mol. The van der Waals surface area contributed by atoms with Crippen molar-refractivity contribution in [3.63, 3.8) is 0 Å². The third kappa shape index (κ3) is 4.05. The van der Waals surface area contributed by atoms with E-state index < -0.39 is 0 Å². The van der Waals surface area contributed by atoms with Gasteiger partial charge in [-0.15, -0.1) is 0 Å².